The fourth-order valence-electron chi connectivity index (χ4n) is 2.24. The van der Waals surface area contributed by atoms with E-state index < -0.39 is 23.6 Å². The summed E-state index contributed by atoms with van der Waals surface area (Å²) in [4.78, 5) is 0.374. The maximum absolute atomic E-state index is 14.1. The van der Waals surface area contributed by atoms with Crippen LogP contribution >= 0.6 is 11.3 Å². The van der Waals surface area contributed by atoms with Crippen molar-refractivity contribution in [3.8, 4) is 0 Å². The molecule has 21 heavy (non-hydrogen) atoms. The normalized spacial score (nSPS) is 12.8. The van der Waals surface area contributed by atoms with Crippen LogP contribution in [0.1, 0.15) is 22.1 Å². The Morgan fingerprint density at radius 3 is 2.57 bits per heavy atom. The van der Waals surface area contributed by atoms with Crippen molar-refractivity contribution < 1.29 is 18.3 Å². The summed E-state index contributed by atoms with van der Waals surface area (Å²) < 4.78 is 41.8. The maximum Gasteiger partial charge on any atom is 0.135 e. The fourth-order valence-corrected chi connectivity index (χ4v) is 3.28. The third-order valence-electron chi connectivity index (χ3n) is 3.36. The first kappa shape index (κ1) is 14.1. The van der Waals surface area contributed by atoms with Crippen molar-refractivity contribution >= 4 is 21.4 Å². The summed E-state index contributed by atoms with van der Waals surface area (Å²) in [5, 5.41) is 10.9. The first-order valence-corrected chi connectivity index (χ1v) is 7.10. The number of benzene rings is 2. The van der Waals surface area contributed by atoms with E-state index in [1.165, 1.54) is 36.5 Å². The van der Waals surface area contributed by atoms with Gasteiger partial charge in [0.05, 0.1) is 5.56 Å². The zero-order chi connectivity index (χ0) is 15.1. The molecule has 1 unspecified atom stereocenters. The number of rotatable bonds is 2. The summed E-state index contributed by atoms with van der Waals surface area (Å²) in [5.74, 6) is -1.95. The molecule has 0 aliphatic carbocycles. The van der Waals surface area contributed by atoms with Gasteiger partial charge in [0.2, 0.25) is 0 Å². The average Bonchev–Trinajstić information content (AvgIpc) is 2.86. The molecule has 0 spiro atoms. The zero-order valence-electron chi connectivity index (χ0n) is 11.0. The van der Waals surface area contributed by atoms with Gasteiger partial charge in [-0.1, -0.05) is 6.07 Å². The van der Waals surface area contributed by atoms with Gasteiger partial charge in [-0.15, -0.1) is 11.3 Å². The summed E-state index contributed by atoms with van der Waals surface area (Å²) in [6, 6.07) is 8.21. The fraction of sp³-hybridized carbons (Fsp3) is 0.125. The van der Waals surface area contributed by atoms with Crippen LogP contribution in [0, 0.1) is 24.4 Å². The summed E-state index contributed by atoms with van der Waals surface area (Å²) >= 11 is 1.18. The molecular weight excluding hydrogens is 297 g/mol. The molecule has 1 atom stereocenters. The van der Waals surface area contributed by atoms with Crippen LogP contribution in [-0.4, -0.2) is 5.11 Å². The standard InChI is InChI=1S/C16H11F3OS/c1-8-2-4-11(18)14(15(8)19)16(20)13-7-9-6-10(17)3-5-12(9)21-13/h2-7,16,20H,1H3. The second kappa shape index (κ2) is 5.16. The molecular formula is C16H11F3OS. The molecule has 108 valence electrons. The molecule has 0 bridgehead atoms. The number of hydrogen-bond donors (Lipinski definition) is 1. The molecule has 5 heteroatoms. The lowest BCUT2D eigenvalue weighted by Gasteiger charge is -2.12. The van der Waals surface area contributed by atoms with Gasteiger partial charge in [0.1, 0.15) is 23.6 Å². The Hall–Kier alpha value is -1.85. The van der Waals surface area contributed by atoms with Gasteiger partial charge < -0.3 is 5.11 Å². The van der Waals surface area contributed by atoms with Crippen molar-refractivity contribution in [1.82, 2.24) is 0 Å². The molecule has 0 aliphatic heterocycles. The minimum absolute atomic E-state index is 0.262. The van der Waals surface area contributed by atoms with E-state index in [2.05, 4.69) is 0 Å². The predicted molar refractivity (Wildman–Crippen MR) is 76.9 cm³/mol. The minimum atomic E-state index is -1.41. The van der Waals surface area contributed by atoms with Crippen molar-refractivity contribution in [2.75, 3.05) is 0 Å². The Morgan fingerprint density at radius 2 is 1.81 bits per heavy atom. The van der Waals surface area contributed by atoms with Crippen LogP contribution in [0.15, 0.2) is 36.4 Å². The SMILES string of the molecule is Cc1ccc(F)c(C(O)c2cc3cc(F)ccc3s2)c1F. The van der Waals surface area contributed by atoms with E-state index in [9.17, 15) is 18.3 Å². The van der Waals surface area contributed by atoms with Crippen LogP contribution in [0.4, 0.5) is 13.2 Å². The minimum Gasteiger partial charge on any atom is -0.383 e. The number of aryl methyl sites for hydroxylation is 1. The molecule has 1 N–H and O–H groups in total. The van der Waals surface area contributed by atoms with E-state index >= 15 is 0 Å². The topological polar surface area (TPSA) is 20.2 Å². The lowest BCUT2D eigenvalue weighted by atomic mass is 10.0. The molecule has 1 nitrogen and oxygen atoms in total. The second-order valence-electron chi connectivity index (χ2n) is 4.83. The van der Waals surface area contributed by atoms with Crippen LogP contribution in [0.2, 0.25) is 0 Å². The molecule has 1 aromatic heterocycles. The predicted octanol–water partition coefficient (Wildman–Crippen LogP) is 4.71. The first-order valence-electron chi connectivity index (χ1n) is 6.29. The van der Waals surface area contributed by atoms with Crippen molar-refractivity contribution in [3.63, 3.8) is 0 Å². The van der Waals surface area contributed by atoms with Gasteiger partial charge >= 0.3 is 0 Å². The van der Waals surface area contributed by atoms with Crippen LogP contribution in [-0.2, 0) is 0 Å². The molecule has 0 saturated carbocycles. The van der Waals surface area contributed by atoms with Crippen molar-refractivity contribution in [2.45, 2.75) is 13.0 Å². The monoisotopic (exact) mass is 308 g/mol. The highest BCUT2D eigenvalue weighted by Gasteiger charge is 2.22. The van der Waals surface area contributed by atoms with E-state index in [0.29, 0.717) is 10.3 Å². The summed E-state index contributed by atoms with van der Waals surface area (Å²) in [6.45, 7) is 1.51. The quantitative estimate of drug-likeness (QED) is 0.727. The molecule has 0 radical (unpaired) electrons. The molecule has 2 aromatic carbocycles. The van der Waals surface area contributed by atoms with E-state index in [1.54, 1.807) is 12.1 Å². The Morgan fingerprint density at radius 1 is 1.05 bits per heavy atom. The number of hydrogen-bond acceptors (Lipinski definition) is 2. The lowest BCUT2D eigenvalue weighted by molar-refractivity contribution is 0.212. The van der Waals surface area contributed by atoms with Crippen molar-refractivity contribution in [1.29, 1.82) is 0 Å². The van der Waals surface area contributed by atoms with Gasteiger partial charge in [-0.05, 0) is 48.2 Å². The third kappa shape index (κ3) is 2.43. The van der Waals surface area contributed by atoms with Crippen LogP contribution in [0.25, 0.3) is 10.1 Å². The number of aliphatic hydroxyl groups is 1. The van der Waals surface area contributed by atoms with E-state index in [1.807, 2.05) is 0 Å². The van der Waals surface area contributed by atoms with Gasteiger partial charge in [0.25, 0.3) is 0 Å². The highest BCUT2D eigenvalue weighted by atomic mass is 32.1. The third-order valence-corrected chi connectivity index (χ3v) is 4.53. The Bertz CT molecular complexity index is 826. The van der Waals surface area contributed by atoms with Crippen molar-refractivity contribution in [2.24, 2.45) is 0 Å². The van der Waals surface area contributed by atoms with Crippen LogP contribution in [0.3, 0.4) is 0 Å². The number of halogens is 3. The zero-order valence-corrected chi connectivity index (χ0v) is 11.8. The largest absolute Gasteiger partial charge is 0.383 e. The van der Waals surface area contributed by atoms with Gasteiger partial charge in [-0.25, -0.2) is 13.2 Å². The first-order chi connectivity index (χ1) is 9.97. The Kier molecular flexibility index (Phi) is 3.47. The Balaban J connectivity index is 2.12. The molecule has 1 heterocycles. The number of thiophene rings is 1. The van der Waals surface area contributed by atoms with Gasteiger partial charge in [0, 0.05) is 9.58 Å². The maximum atomic E-state index is 14.1. The molecule has 0 amide bonds. The summed E-state index contributed by atoms with van der Waals surface area (Å²) in [7, 11) is 0. The molecule has 0 fully saturated rings. The van der Waals surface area contributed by atoms with E-state index in [4.69, 9.17) is 0 Å². The van der Waals surface area contributed by atoms with Crippen LogP contribution in [0.5, 0.6) is 0 Å². The highest BCUT2D eigenvalue weighted by molar-refractivity contribution is 7.19. The highest BCUT2D eigenvalue weighted by Crippen LogP contribution is 2.35. The lowest BCUT2D eigenvalue weighted by Crippen LogP contribution is -2.05. The molecule has 3 rings (SSSR count). The van der Waals surface area contributed by atoms with E-state index in [0.717, 1.165) is 10.8 Å². The molecule has 0 saturated heterocycles. The van der Waals surface area contributed by atoms with E-state index in [-0.39, 0.29) is 11.1 Å². The Labute approximate surface area is 123 Å². The van der Waals surface area contributed by atoms with Gasteiger partial charge in [-0.2, -0.15) is 0 Å². The van der Waals surface area contributed by atoms with Gasteiger partial charge in [-0.3, -0.25) is 0 Å². The van der Waals surface area contributed by atoms with Crippen molar-refractivity contribution in [3.05, 3.63) is 69.9 Å². The summed E-state index contributed by atoms with van der Waals surface area (Å²) in [5.41, 5.74) is -0.111. The molecule has 0 aliphatic rings. The van der Waals surface area contributed by atoms with Gasteiger partial charge in [0.15, 0.2) is 0 Å². The molecule has 3 aromatic rings. The second-order valence-corrected chi connectivity index (χ2v) is 5.94. The average molecular weight is 308 g/mol. The number of fused-ring (bicyclic) bond motifs is 1. The van der Waals surface area contributed by atoms with Crippen LogP contribution < -0.4 is 0 Å². The smallest absolute Gasteiger partial charge is 0.135 e. The number of aliphatic hydroxyl groups excluding tert-OH is 1. The summed E-state index contributed by atoms with van der Waals surface area (Å²) in [6.07, 6.45) is -1.41.